The van der Waals surface area contributed by atoms with E-state index < -0.39 is 34.9 Å². The first kappa shape index (κ1) is 33.1. The fourth-order valence-corrected chi connectivity index (χ4v) is 5.76. The van der Waals surface area contributed by atoms with Crippen molar-refractivity contribution < 1.29 is 23.9 Å². The van der Waals surface area contributed by atoms with Gasteiger partial charge in [-0.15, -0.1) is 0 Å². The van der Waals surface area contributed by atoms with Crippen molar-refractivity contribution in [2.75, 3.05) is 26.8 Å². The summed E-state index contributed by atoms with van der Waals surface area (Å²) in [6, 6.07) is 12.1. The van der Waals surface area contributed by atoms with Gasteiger partial charge in [0.05, 0.1) is 19.1 Å². The maximum absolute atomic E-state index is 13.8. The summed E-state index contributed by atoms with van der Waals surface area (Å²) in [4.78, 5) is 56.7. The predicted octanol–water partition coefficient (Wildman–Crippen LogP) is 4.79. The lowest BCUT2D eigenvalue weighted by atomic mass is 10.0. The number of aldehydes is 1. The molecular formula is C29H33Cl4N3O5. The predicted molar refractivity (Wildman–Crippen MR) is 160 cm³/mol. The number of amides is 3. The van der Waals surface area contributed by atoms with Gasteiger partial charge in [0, 0.05) is 36.5 Å². The molecule has 0 aliphatic carbocycles. The highest BCUT2D eigenvalue weighted by molar-refractivity contribution is 6.30. The molecule has 0 bridgehead atoms. The van der Waals surface area contributed by atoms with Crippen LogP contribution in [-0.4, -0.2) is 88.6 Å². The molecule has 41 heavy (non-hydrogen) atoms. The zero-order valence-electron chi connectivity index (χ0n) is 22.9. The second-order valence-corrected chi connectivity index (χ2v) is 11.6. The highest BCUT2D eigenvalue weighted by Crippen LogP contribution is 2.26. The monoisotopic (exact) mass is 643 g/mol. The molecule has 1 fully saturated rings. The van der Waals surface area contributed by atoms with Crippen LogP contribution < -0.4 is 0 Å². The summed E-state index contributed by atoms with van der Waals surface area (Å²) in [5, 5.41) is 1.12. The molecule has 12 heteroatoms. The molecule has 4 atom stereocenters. The smallest absolute Gasteiger partial charge is 0.247 e. The van der Waals surface area contributed by atoms with E-state index in [2.05, 4.69) is 0 Å². The largest absolute Gasteiger partial charge is 0.383 e. The molecule has 0 aromatic heterocycles. The summed E-state index contributed by atoms with van der Waals surface area (Å²) in [7, 11) is 1.48. The summed E-state index contributed by atoms with van der Waals surface area (Å²) in [6.45, 7) is 1.81. The van der Waals surface area contributed by atoms with E-state index in [1.165, 1.54) is 21.8 Å². The van der Waals surface area contributed by atoms with Gasteiger partial charge >= 0.3 is 0 Å². The van der Waals surface area contributed by atoms with Crippen molar-refractivity contribution in [3.05, 3.63) is 69.7 Å². The van der Waals surface area contributed by atoms with Gasteiger partial charge in [0.1, 0.15) is 29.9 Å². The number of piperazine rings is 1. The van der Waals surface area contributed by atoms with Crippen LogP contribution in [0.2, 0.25) is 10.0 Å². The van der Waals surface area contributed by atoms with Gasteiger partial charge in [-0.1, -0.05) is 77.6 Å². The van der Waals surface area contributed by atoms with Crippen LogP contribution in [0.1, 0.15) is 30.9 Å². The second kappa shape index (κ2) is 15.8. The van der Waals surface area contributed by atoms with E-state index in [9.17, 15) is 19.2 Å². The van der Waals surface area contributed by atoms with Crippen molar-refractivity contribution in [2.24, 2.45) is 0 Å². The Bertz CT molecular complexity index is 1200. The fourth-order valence-electron chi connectivity index (χ4n) is 4.73. The number of alkyl halides is 2. The Morgan fingerprint density at radius 1 is 1.02 bits per heavy atom. The van der Waals surface area contributed by atoms with Crippen molar-refractivity contribution in [3.8, 4) is 0 Å². The molecule has 1 heterocycles. The Morgan fingerprint density at radius 3 is 2.10 bits per heavy atom. The van der Waals surface area contributed by atoms with Crippen LogP contribution in [0.25, 0.3) is 0 Å². The maximum atomic E-state index is 13.8. The molecule has 1 saturated heterocycles. The van der Waals surface area contributed by atoms with Gasteiger partial charge in [-0.25, -0.2) is 0 Å². The van der Waals surface area contributed by atoms with Gasteiger partial charge in [0.25, 0.3) is 0 Å². The molecule has 0 saturated carbocycles. The van der Waals surface area contributed by atoms with Gasteiger partial charge in [-0.2, -0.15) is 0 Å². The third kappa shape index (κ3) is 8.82. The molecule has 0 radical (unpaired) electrons. The van der Waals surface area contributed by atoms with E-state index in [0.717, 1.165) is 11.1 Å². The molecule has 3 amide bonds. The summed E-state index contributed by atoms with van der Waals surface area (Å²) < 4.78 is 5.15. The van der Waals surface area contributed by atoms with Crippen molar-refractivity contribution in [1.82, 2.24) is 14.7 Å². The molecule has 222 valence electrons. The lowest BCUT2D eigenvalue weighted by Crippen LogP contribution is -2.63. The number of nitrogens with zero attached hydrogens (tertiary/aromatic N) is 3. The highest BCUT2D eigenvalue weighted by atomic mass is 35.5. The number of halogens is 4. The molecular weight excluding hydrogens is 612 g/mol. The lowest BCUT2D eigenvalue weighted by molar-refractivity contribution is -0.160. The number of hydrogen-bond donors (Lipinski definition) is 0. The third-order valence-electron chi connectivity index (χ3n) is 6.97. The van der Waals surface area contributed by atoms with Crippen molar-refractivity contribution in [3.63, 3.8) is 0 Å². The van der Waals surface area contributed by atoms with E-state index in [-0.39, 0.29) is 44.9 Å². The minimum Gasteiger partial charge on any atom is -0.383 e. The first-order chi connectivity index (χ1) is 19.6. The van der Waals surface area contributed by atoms with Crippen LogP contribution in [0.5, 0.6) is 0 Å². The molecule has 4 unspecified atom stereocenters. The topological polar surface area (TPSA) is 87.2 Å². The number of benzene rings is 2. The molecule has 3 rings (SSSR count). The Balaban J connectivity index is 1.86. The van der Waals surface area contributed by atoms with E-state index in [0.29, 0.717) is 22.8 Å². The minimum absolute atomic E-state index is 0.108. The van der Waals surface area contributed by atoms with Gasteiger partial charge in [0.2, 0.25) is 17.7 Å². The van der Waals surface area contributed by atoms with Crippen molar-refractivity contribution >= 4 is 70.4 Å². The standard InChI is InChI=1S/C29H33Cl4N3O5/c1-3-23(18-37)36(26(33)15-20-6-10-22(31)11-7-20)27(38)16-24-29(40)35(17-28(39)34(24)12-13-41-2)25(32)14-19-4-8-21(30)9-5-19/h4-11,18,23-26H,3,12-17H2,1-2H3. The number of carbonyl (C=O) groups is 4. The number of carbonyl (C=O) groups excluding carboxylic acids is 4. The van der Waals surface area contributed by atoms with Crippen LogP contribution in [0.3, 0.4) is 0 Å². The molecule has 2 aromatic rings. The first-order valence-electron chi connectivity index (χ1n) is 13.2. The fraction of sp³-hybridized carbons (Fsp3) is 0.448. The van der Waals surface area contributed by atoms with E-state index in [1.54, 1.807) is 55.5 Å². The quantitative estimate of drug-likeness (QED) is 0.168. The van der Waals surface area contributed by atoms with Crippen LogP contribution in [-0.2, 0) is 36.8 Å². The van der Waals surface area contributed by atoms with Crippen LogP contribution in [0.4, 0.5) is 0 Å². The molecule has 2 aromatic carbocycles. The summed E-state index contributed by atoms with van der Waals surface area (Å²) in [6.07, 6.45) is 1.14. The zero-order chi connectivity index (χ0) is 30.1. The number of ether oxygens (including phenoxy) is 1. The van der Waals surface area contributed by atoms with E-state index in [4.69, 9.17) is 51.1 Å². The Labute approximate surface area is 260 Å². The molecule has 1 aliphatic rings. The zero-order valence-corrected chi connectivity index (χ0v) is 25.9. The van der Waals surface area contributed by atoms with Crippen molar-refractivity contribution in [2.45, 2.75) is 55.7 Å². The Kier molecular flexibility index (Phi) is 12.7. The molecule has 1 aliphatic heterocycles. The highest BCUT2D eigenvalue weighted by Gasteiger charge is 2.44. The van der Waals surface area contributed by atoms with Crippen molar-refractivity contribution in [1.29, 1.82) is 0 Å². The molecule has 0 spiro atoms. The average molecular weight is 645 g/mol. The van der Waals surface area contributed by atoms with Crippen LogP contribution in [0.15, 0.2) is 48.5 Å². The van der Waals surface area contributed by atoms with Gasteiger partial charge in [-0.3, -0.25) is 14.4 Å². The third-order valence-corrected chi connectivity index (χ3v) is 8.23. The van der Waals surface area contributed by atoms with E-state index >= 15 is 0 Å². The average Bonchev–Trinajstić information content (AvgIpc) is 2.95. The summed E-state index contributed by atoms with van der Waals surface area (Å²) >= 11 is 25.4. The maximum Gasteiger partial charge on any atom is 0.247 e. The van der Waals surface area contributed by atoms with Crippen LogP contribution in [0, 0.1) is 0 Å². The number of rotatable bonds is 14. The SMILES string of the molecule is CCC(C=O)N(C(=O)CC1C(=O)N(C(Cl)Cc2ccc(Cl)cc2)CC(=O)N1CCOC)C(Cl)Cc1ccc(Cl)cc1. The van der Waals surface area contributed by atoms with Gasteiger partial charge in [0.15, 0.2) is 0 Å². The van der Waals surface area contributed by atoms with Gasteiger partial charge in [-0.05, 0) is 41.8 Å². The van der Waals surface area contributed by atoms with E-state index in [1.807, 2.05) is 0 Å². The lowest BCUT2D eigenvalue weighted by Gasteiger charge is -2.42. The molecule has 8 nitrogen and oxygen atoms in total. The summed E-state index contributed by atoms with van der Waals surface area (Å²) in [5.41, 5.74) is -0.0754. The number of hydrogen-bond acceptors (Lipinski definition) is 5. The van der Waals surface area contributed by atoms with Crippen LogP contribution >= 0.6 is 46.4 Å². The normalized spacial score (nSPS) is 17.8. The molecule has 0 N–H and O–H groups in total. The summed E-state index contributed by atoms with van der Waals surface area (Å²) in [5.74, 6) is -1.36. The second-order valence-electron chi connectivity index (χ2n) is 9.71. The minimum atomic E-state index is -1.14. The first-order valence-corrected chi connectivity index (χ1v) is 14.8. The van der Waals surface area contributed by atoms with Gasteiger partial charge < -0.3 is 24.2 Å². The number of methoxy groups -OCH3 is 1. The Morgan fingerprint density at radius 2 is 1.59 bits per heavy atom. The Hall–Kier alpha value is -2.36.